The van der Waals surface area contributed by atoms with Crippen molar-refractivity contribution in [1.29, 1.82) is 0 Å². The molecule has 1 atom stereocenters. The van der Waals surface area contributed by atoms with E-state index in [4.69, 9.17) is 11.6 Å². The summed E-state index contributed by atoms with van der Waals surface area (Å²) in [4.78, 5) is 0. The van der Waals surface area contributed by atoms with E-state index in [1.165, 1.54) is 0 Å². The van der Waals surface area contributed by atoms with E-state index < -0.39 is 15.1 Å². The van der Waals surface area contributed by atoms with Crippen LogP contribution in [0.25, 0.3) is 0 Å². The first kappa shape index (κ1) is 10.9. The maximum absolute atomic E-state index is 11.8. The van der Waals surface area contributed by atoms with Crippen LogP contribution < -0.4 is 5.32 Å². The van der Waals surface area contributed by atoms with Crippen LogP contribution in [0.2, 0.25) is 5.02 Å². The third kappa shape index (κ3) is 2.33. The van der Waals surface area contributed by atoms with E-state index in [0.29, 0.717) is 18.1 Å². The second kappa shape index (κ2) is 4.12. The van der Waals surface area contributed by atoms with Gasteiger partial charge in [-0.2, -0.15) is 0 Å². The SMILES string of the molecule is O=S1(=O)CCNCC1c1cccc(Cl)c1. The molecule has 1 aromatic carbocycles. The van der Waals surface area contributed by atoms with Gasteiger partial charge in [-0.25, -0.2) is 8.42 Å². The molecule has 1 aliphatic rings. The minimum Gasteiger partial charge on any atom is -0.314 e. The van der Waals surface area contributed by atoms with Gasteiger partial charge in [0.25, 0.3) is 0 Å². The van der Waals surface area contributed by atoms with E-state index in [0.717, 1.165) is 5.56 Å². The Hall–Kier alpha value is -0.580. The molecular weight excluding hydrogens is 234 g/mol. The number of nitrogens with one attached hydrogen (secondary N) is 1. The van der Waals surface area contributed by atoms with E-state index in [1.807, 2.05) is 0 Å². The Morgan fingerprint density at radius 3 is 2.87 bits per heavy atom. The summed E-state index contributed by atoms with van der Waals surface area (Å²) < 4.78 is 23.6. The van der Waals surface area contributed by atoms with Crippen LogP contribution in [0.4, 0.5) is 0 Å². The fourth-order valence-electron chi connectivity index (χ4n) is 1.75. The smallest absolute Gasteiger partial charge is 0.159 e. The van der Waals surface area contributed by atoms with Gasteiger partial charge < -0.3 is 5.32 Å². The molecule has 0 saturated carbocycles. The van der Waals surface area contributed by atoms with E-state index in [2.05, 4.69) is 5.32 Å². The topological polar surface area (TPSA) is 46.2 Å². The molecule has 1 aliphatic heterocycles. The number of halogens is 1. The first-order valence-corrected chi connectivity index (χ1v) is 6.87. The van der Waals surface area contributed by atoms with Crippen molar-refractivity contribution in [2.45, 2.75) is 5.25 Å². The second-order valence-corrected chi connectivity index (χ2v) is 6.35. The van der Waals surface area contributed by atoms with Gasteiger partial charge in [0, 0.05) is 18.1 Å². The van der Waals surface area contributed by atoms with Gasteiger partial charge in [0.1, 0.15) is 0 Å². The molecule has 0 spiro atoms. The second-order valence-electron chi connectivity index (χ2n) is 3.61. The summed E-state index contributed by atoms with van der Waals surface area (Å²) in [6, 6.07) is 7.05. The Morgan fingerprint density at radius 2 is 2.20 bits per heavy atom. The number of sulfone groups is 1. The Labute approximate surface area is 94.4 Å². The molecule has 0 aromatic heterocycles. The molecule has 0 radical (unpaired) electrons. The molecule has 1 unspecified atom stereocenters. The van der Waals surface area contributed by atoms with E-state index in [-0.39, 0.29) is 5.75 Å². The molecule has 15 heavy (non-hydrogen) atoms. The predicted octanol–water partition coefficient (Wildman–Crippen LogP) is 1.40. The number of rotatable bonds is 1. The zero-order valence-corrected chi connectivity index (χ0v) is 9.68. The van der Waals surface area contributed by atoms with Crippen molar-refractivity contribution in [2.24, 2.45) is 0 Å². The first-order chi connectivity index (χ1) is 7.09. The van der Waals surface area contributed by atoms with Crippen molar-refractivity contribution in [2.75, 3.05) is 18.8 Å². The van der Waals surface area contributed by atoms with Gasteiger partial charge in [0.2, 0.25) is 0 Å². The minimum absolute atomic E-state index is 0.199. The molecule has 1 saturated heterocycles. The molecule has 1 heterocycles. The first-order valence-electron chi connectivity index (χ1n) is 4.77. The lowest BCUT2D eigenvalue weighted by Gasteiger charge is -2.23. The Kier molecular flexibility index (Phi) is 3.00. The maximum Gasteiger partial charge on any atom is 0.159 e. The lowest BCUT2D eigenvalue weighted by molar-refractivity contribution is 0.551. The molecule has 1 fully saturated rings. The highest BCUT2D eigenvalue weighted by molar-refractivity contribution is 7.91. The van der Waals surface area contributed by atoms with Gasteiger partial charge in [-0.3, -0.25) is 0 Å². The summed E-state index contributed by atoms with van der Waals surface area (Å²) in [7, 11) is -3.01. The molecule has 0 aliphatic carbocycles. The van der Waals surface area contributed by atoms with E-state index in [9.17, 15) is 8.42 Å². The van der Waals surface area contributed by atoms with Gasteiger partial charge >= 0.3 is 0 Å². The third-order valence-corrected chi connectivity index (χ3v) is 4.86. The summed E-state index contributed by atoms with van der Waals surface area (Å²) in [5.74, 6) is 0.199. The number of hydrogen-bond donors (Lipinski definition) is 1. The monoisotopic (exact) mass is 245 g/mol. The molecule has 3 nitrogen and oxygen atoms in total. The van der Waals surface area contributed by atoms with Crippen LogP contribution in [-0.4, -0.2) is 27.3 Å². The number of hydrogen-bond acceptors (Lipinski definition) is 3. The van der Waals surface area contributed by atoms with Gasteiger partial charge in [0.15, 0.2) is 9.84 Å². The summed E-state index contributed by atoms with van der Waals surface area (Å²) >= 11 is 5.84. The normalized spacial score (nSPS) is 25.0. The molecule has 0 bridgehead atoms. The quantitative estimate of drug-likeness (QED) is 0.814. The summed E-state index contributed by atoms with van der Waals surface area (Å²) in [5, 5.41) is 3.21. The zero-order chi connectivity index (χ0) is 10.9. The fourth-order valence-corrected chi connectivity index (χ4v) is 3.59. The number of benzene rings is 1. The molecule has 5 heteroatoms. The van der Waals surface area contributed by atoms with Gasteiger partial charge in [-0.1, -0.05) is 23.7 Å². The van der Waals surface area contributed by atoms with Gasteiger partial charge in [-0.15, -0.1) is 0 Å². The van der Waals surface area contributed by atoms with Crippen LogP contribution in [0.5, 0.6) is 0 Å². The van der Waals surface area contributed by atoms with Gasteiger partial charge in [-0.05, 0) is 17.7 Å². The fraction of sp³-hybridized carbons (Fsp3) is 0.400. The van der Waals surface area contributed by atoms with Crippen molar-refractivity contribution in [3.05, 3.63) is 34.9 Å². The average Bonchev–Trinajstić information content (AvgIpc) is 2.17. The van der Waals surface area contributed by atoms with Crippen LogP contribution in [-0.2, 0) is 9.84 Å². The Balaban J connectivity index is 2.37. The molecule has 1 N–H and O–H groups in total. The Morgan fingerprint density at radius 1 is 1.40 bits per heavy atom. The van der Waals surface area contributed by atoms with Crippen LogP contribution >= 0.6 is 11.6 Å². The van der Waals surface area contributed by atoms with Gasteiger partial charge in [0.05, 0.1) is 11.0 Å². The molecule has 0 amide bonds. The molecule has 1 aromatic rings. The van der Waals surface area contributed by atoms with Crippen LogP contribution in [0, 0.1) is 0 Å². The van der Waals surface area contributed by atoms with Crippen LogP contribution in [0.15, 0.2) is 24.3 Å². The summed E-state index contributed by atoms with van der Waals surface area (Å²) in [6.07, 6.45) is 0. The van der Waals surface area contributed by atoms with Crippen LogP contribution in [0.3, 0.4) is 0 Å². The highest BCUT2D eigenvalue weighted by Crippen LogP contribution is 2.26. The zero-order valence-electron chi connectivity index (χ0n) is 8.11. The summed E-state index contributed by atoms with van der Waals surface area (Å²) in [6.45, 7) is 1.02. The lowest BCUT2D eigenvalue weighted by Crippen LogP contribution is -2.38. The van der Waals surface area contributed by atoms with Crippen molar-refractivity contribution < 1.29 is 8.42 Å². The van der Waals surface area contributed by atoms with Crippen molar-refractivity contribution in [3.8, 4) is 0 Å². The lowest BCUT2D eigenvalue weighted by atomic mass is 10.1. The highest BCUT2D eigenvalue weighted by atomic mass is 35.5. The molecular formula is C10H12ClNO2S. The highest BCUT2D eigenvalue weighted by Gasteiger charge is 2.29. The largest absolute Gasteiger partial charge is 0.314 e. The minimum atomic E-state index is -3.01. The average molecular weight is 246 g/mol. The molecule has 82 valence electrons. The van der Waals surface area contributed by atoms with E-state index >= 15 is 0 Å². The predicted molar refractivity (Wildman–Crippen MR) is 60.8 cm³/mol. The van der Waals surface area contributed by atoms with Crippen molar-refractivity contribution >= 4 is 21.4 Å². The van der Waals surface area contributed by atoms with Crippen molar-refractivity contribution in [3.63, 3.8) is 0 Å². The summed E-state index contributed by atoms with van der Waals surface area (Å²) in [5.41, 5.74) is 0.773. The van der Waals surface area contributed by atoms with Crippen LogP contribution in [0.1, 0.15) is 10.8 Å². The molecule has 2 rings (SSSR count). The standard InChI is InChI=1S/C10H12ClNO2S/c11-9-3-1-2-8(6-9)10-7-12-4-5-15(10,13)14/h1-3,6,10,12H,4-5,7H2. The Bertz CT molecular complexity index is 458. The maximum atomic E-state index is 11.8. The van der Waals surface area contributed by atoms with Crippen molar-refractivity contribution in [1.82, 2.24) is 5.32 Å². The third-order valence-electron chi connectivity index (χ3n) is 2.55. The van der Waals surface area contributed by atoms with E-state index in [1.54, 1.807) is 24.3 Å².